The number of benzene rings is 1. The number of carbonyl (C=O) groups excluding carboxylic acids is 2. The fourth-order valence-electron chi connectivity index (χ4n) is 3.35. The van der Waals surface area contributed by atoms with E-state index in [1.54, 1.807) is 0 Å². The second-order valence-electron chi connectivity index (χ2n) is 6.06. The zero-order chi connectivity index (χ0) is 17.6. The highest BCUT2D eigenvalue weighted by molar-refractivity contribution is 7.17. The standard InChI is InChI=1S/C18H15ClN2O3S/c1-24-18(23)10-6-12-13(7-10)25-17-15(12)16(20-8-14(22)21-17)9-2-4-11(19)5-3-9/h2-5,10H,6-8H2,1H3,(H,21,22). The maximum Gasteiger partial charge on any atom is 0.309 e. The van der Waals surface area contributed by atoms with E-state index < -0.39 is 0 Å². The first-order chi connectivity index (χ1) is 12.1. The fourth-order valence-corrected chi connectivity index (χ4v) is 4.80. The summed E-state index contributed by atoms with van der Waals surface area (Å²) in [4.78, 5) is 29.6. The van der Waals surface area contributed by atoms with Gasteiger partial charge in [0.2, 0.25) is 5.91 Å². The summed E-state index contributed by atoms with van der Waals surface area (Å²) < 4.78 is 4.90. The molecular weight excluding hydrogens is 360 g/mol. The summed E-state index contributed by atoms with van der Waals surface area (Å²) in [5.74, 6) is -0.489. The number of fused-ring (bicyclic) bond motifs is 3. The van der Waals surface area contributed by atoms with Gasteiger partial charge in [0.1, 0.15) is 11.5 Å². The van der Waals surface area contributed by atoms with Crippen molar-refractivity contribution in [2.75, 3.05) is 19.0 Å². The Kier molecular flexibility index (Phi) is 4.09. The van der Waals surface area contributed by atoms with Crippen LogP contribution < -0.4 is 5.32 Å². The Hall–Kier alpha value is -2.18. The summed E-state index contributed by atoms with van der Waals surface area (Å²) in [5.41, 5.74) is 3.70. The number of anilines is 1. The fraction of sp³-hybridized carbons (Fsp3) is 0.278. The number of thiophene rings is 1. The largest absolute Gasteiger partial charge is 0.469 e. The quantitative estimate of drug-likeness (QED) is 0.821. The Labute approximate surface area is 153 Å². The van der Waals surface area contributed by atoms with Crippen molar-refractivity contribution in [3.05, 3.63) is 50.9 Å². The molecule has 5 nitrogen and oxygen atoms in total. The Morgan fingerprint density at radius 3 is 2.80 bits per heavy atom. The number of aliphatic imine (C=N–C) groups is 1. The van der Waals surface area contributed by atoms with E-state index in [2.05, 4.69) is 10.3 Å². The molecule has 1 aromatic heterocycles. The molecule has 0 saturated heterocycles. The number of halogens is 1. The third kappa shape index (κ3) is 2.85. The number of hydrogen-bond acceptors (Lipinski definition) is 5. The van der Waals surface area contributed by atoms with Crippen LogP contribution in [0.15, 0.2) is 29.3 Å². The molecule has 128 valence electrons. The lowest BCUT2D eigenvalue weighted by atomic mass is 9.98. The van der Waals surface area contributed by atoms with Crippen LogP contribution in [0.4, 0.5) is 5.00 Å². The van der Waals surface area contributed by atoms with Crippen molar-refractivity contribution in [3.8, 4) is 0 Å². The van der Waals surface area contributed by atoms with Gasteiger partial charge >= 0.3 is 5.97 Å². The highest BCUT2D eigenvalue weighted by atomic mass is 35.5. The zero-order valence-corrected chi connectivity index (χ0v) is 15.0. The lowest BCUT2D eigenvalue weighted by molar-refractivity contribution is -0.145. The van der Waals surface area contributed by atoms with Crippen LogP contribution >= 0.6 is 22.9 Å². The summed E-state index contributed by atoms with van der Waals surface area (Å²) in [6.07, 6.45) is 1.25. The lowest BCUT2D eigenvalue weighted by Gasteiger charge is -2.10. The molecule has 2 aromatic rings. The van der Waals surface area contributed by atoms with Gasteiger partial charge in [-0.2, -0.15) is 0 Å². The van der Waals surface area contributed by atoms with Gasteiger partial charge in [-0.1, -0.05) is 23.7 Å². The summed E-state index contributed by atoms with van der Waals surface area (Å²) >= 11 is 7.52. The van der Waals surface area contributed by atoms with Crippen LogP contribution in [-0.2, 0) is 27.2 Å². The van der Waals surface area contributed by atoms with Gasteiger partial charge in [-0.25, -0.2) is 0 Å². The van der Waals surface area contributed by atoms with Crippen molar-refractivity contribution in [2.45, 2.75) is 12.8 Å². The molecule has 1 aliphatic heterocycles. The number of carbonyl (C=O) groups is 2. The zero-order valence-electron chi connectivity index (χ0n) is 13.5. The molecule has 1 unspecified atom stereocenters. The average molecular weight is 375 g/mol. The second kappa shape index (κ2) is 6.28. The Morgan fingerprint density at radius 1 is 1.32 bits per heavy atom. The number of methoxy groups -OCH3 is 1. The summed E-state index contributed by atoms with van der Waals surface area (Å²) in [6.45, 7) is 0.0779. The number of nitrogens with one attached hydrogen (secondary N) is 1. The van der Waals surface area contributed by atoms with Crippen molar-refractivity contribution in [1.29, 1.82) is 0 Å². The van der Waals surface area contributed by atoms with Crippen molar-refractivity contribution in [3.63, 3.8) is 0 Å². The first kappa shape index (κ1) is 16.3. The van der Waals surface area contributed by atoms with Crippen LogP contribution in [-0.4, -0.2) is 31.2 Å². The minimum Gasteiger partial charge on any atom is -0.469 e. The molecule has 0 fully saturated rings. The molecular formula is C18H15ClN2O3S. The van der Waals surface area contributed by atoms with Gasteiger partial charge in [0.05, 0.1) is 18.7 Å². The molecule has 1 aromatic carbocycles. The number of ether oxygens (including phenoxy) is 1. The van der Waals surface area contributed by atoms with Gasteiger partial charge < -0.3 is 10.1 Å². The van der Waals surface area contributed by atoms with Gasteiger partial charge in [0.25, 0.3) is 0 Å². The van der Waals surface area contributed by atoms with Crippen LogP contribution in [0.1, 0.15) is 21.6 Å². The molecule has 1 atom stereocenters. The predicted octanol–water partition coefficient (Wildman–Crippen LogP) is 3.08. The van der Waals surface area contributed by atoms with Crippen LogP contribution in [0, 0.1) is 5.92 Å². The predicted molar refractivity (Wildman–Crippen MR) is 97.8 cm³/mol. The molecule has 0 spiro atoms. The van der Waals surface area contributed by atoms with E-state index in [1.807, 2.05) is 24.3 Å². The minimum absolute atomic E-state index is 0.0779. The SMILES string of the molecule is COC(=O)C1Cc2sc3c(c2C1)C(c1ccc(Cl)cc1)=NCC(=O)N3. The molecule has 7 heteroatoms. The van der Waals surface area contributed by atoms with E-state index in [-0.39, 0.29) is 24.3 Å². The first-order valence-corrected chi connectivity index (χ1v) is 9.09. The molecule has 0 saturated carbocycles. The normalized spacial score (nSPS) is 18.7. The molecule has 0 bridgehead atoms. The van der Waals surface area contributed by atoms with Crippen molar-refractivity contribution < 1.29 is 14.3 Å². The third-order valence-corrected chi connectivity index (χ3v) is 5.92. The molecule has 1 amide bonds. The van der Waals surface area contributed by atoms with Crippen molar-refractivity contribution in [1.82, 2.24) is 0 Å². The lowest BCUT2D eigenvalue weighted by Crippen LogP contribution is -2.17. The van der Waals surface area contributed by atoms with Crippen molar-refractivity contribution in [2.24, 2.45) is 10.9 Å². The van der Waals surface area contributed by atoms with E-state index in [0.717, 1.165) is 32.3 Å². The first-order valence-electron chi connectivity index (χ1n) is 7.89. The third-order valence-electron chi connectivity index (χ3n) is 4.50. The Balaban J connectivity index is 1.81. The number of amides is 1. The summed E-state index contributed by atoms with van der Waals surface area (Å²) in [7, 11) is 1.41. The second-order valence-corrected chi connectivity index (χ2v) is 7.60. The smallest absolute Gasteiger partial charge is 0.309 e. The molecule has 1 N–H and O–H groups in total. The topological polar surface area (TPSA) is 67.8 Å². The van der Waals surface area contributed by atoms with Gasteiger partial charge in [-0.05, 0) is 30.5 Å². The van der Waals surface area contributed by atoms with Gasteiger partial charge in [-0.3, -0.25) is 14.6 Å². The summed E-state index contributed by atoms with van der Waals surface area (Å²) in [5, 5.41) is 4.40. The summed E-state index contributed by atoms with van der Waals surface area (Å²) in [6, 6.07) is 7.42. The molecule has 1 aliphatic carbocycles. The molecule has 2 aliphatic rings. The Morgan fingerprint density at radius 2 is 2.08 bits per heavy atom. The minimum atomic E-state index is -0.195. The highest BCUT2D eigenvalue weighted by Crippen LogP contribution is 2.43. The maximum absolute atomic E-state index is 12.0. The molecule has 0 radical (unpaired) electrons. The van der Waals surface area contributed by atoms with Crippen LogP contribution in [0.2, 0.25) is 5.02 Å². The van der Waals surface area contributed by atoms with E-state index in [0.29, 0.717) is 17.9 Å². The van der Waals surface area contributed by atoms with Crippen molar-refractivity contribution >= 4 is 45.5 Å². The van der Waals surface area contributed by atoms with E-state index in [4.69, 9.17) is 16.3 Å². The van der Waals surface area contributed by atoms with E-state index >= 15 is 0 Å². The van der Waals surface area contributed by atoms with Gasteiger partial charge in [-0.15, -0.1) is 11.3 Å². The molecule has 2 heterocycles. The van der Waals surface area contributed by atoms with Crippen LogP contribution in [0.3, 0.4) is 0 Å². The average Bonchev–Trinajstić information content (AvgIpc) is 3.09. The van der Waals surface area contributed by atoms with Crippen LogP contribution in [0.5, 0.6) is 0 Å². The van der Waals surface area contributed by atoms with E-state index in [9.17, 15) is 9.59 Å². The number of nitrogens with zero attached hydrogens (tertiary/aromatic N) is 1. The van der Waals surface area contributed by atoms with Gasteiger partial charge in [0.15, 0.2) is 0 Å². The van der Waals surface area contributed by atoms with Gasteiger partial charge in [0, 0.05) is 21.0 Å². The number of hydrogen-bond donors (Lipinski definition) is 1. The van der Waals surface area contributed by atoms with Crippen LogP contribution in [0.25, 0.3) is 0 Å². The van der Waals surface area contributed by atoms with E-state index in [1.165, 1.54) is 18.4 Å². The Bertz CT molecular complexity index is 902. The highest BCUT2D eigenvalue weighted by Gasteiger charge is 2.36. The maximum atomic E-state index is 12.0. The number of rotatable bonds is 2. The monoisotopic (exact) mass is 374 g/mol. The molecule has 4 rings (SSSR count). The molecule has 25 heavy (non-hydrogen) atoms. The number of esters is 1.